The third-order valence-corrected chi connectivity index (χ3v) is 3.34. The fraction of sp³-hybridized carbons (Fsp3) is 0.286. The minimum atomic E-state index is -0.0605. The van der Waals surface area contributed by atoms with Gasteiger partial charge in [-0.1, -0.05) is 0 Å². The topological polar surface area (TPSA) is 77.6 Å². The number of aryl methyl sites for hydroxylation is 2. The second-order valence-electron chi connectivity index (χ2n) is 4.91. The maximum absolute atomic E-state index is 12.0. The van der Waals surface area contributed by atoms with E-state index in [2.05, 4.69) is 20.4 Å². The van der Waals surface area contributed by atoms with Gasteiger partial charge in [0, 0.05) is 26.4 Å². The molecule has 3 aromatic heterocycles. The van der Waals surface area contributed by atoms with Gasteiger partial charge in [-0.25, -0.2) is 9.97 Å². The Bertz CT molecular complexity index is 864. The molecule has 108 valence electrons. The Labute approximate surface area is 121 Å². The number of hydrogen-bond acceptors (Lipinski definition) is 5. The first-order valence-electron chi connectivity index (χ1n) is 6.62. The average molecular weight is 284 g/mol. The number of rotatable bonds is 3. The third-order valence-electron chi connectivity index (χ3n) is 3.34. The molecule has 0 aliphatic heterocycles. The lowest BCUT2D eigenvalue weighted by molar-refractivity contribution is 0.710. The van der Waals surface area contributed by atoms with Crippen LogP contribution in [0.25, 0.3) is 11.0 Å². The third kappa shape index (κ3) is 2.37. The number of nitrogens with zero attached hydrogens (tertiary/aromatic N) is 5. The SMILES string of the molecule is CNc1nc(Cn2ccc(C)cc2=O)nc2c1cnn2C. The van der Waals surface area contributed by atoms with E-state index in [4.69, 9.17) is 0 Å². The molecule has 0 saturated carbocycles. The molecular formula is C14H16N6O. The Morgan fingerprint density at radius 3 is 2.86 bits per heavy atom. The van der Waals surface area contributed by atoms with Gasteiger partial charge in [-0.05, 0) is 18.6 Å². The molecule has 3 rings (SSSR count). The molecule has 0 aliphatic rings. The standard InChI is InChI=1S/C14H16N6O/c1-9-4-5-20(12(21)6-9)8-11-17-13(15-2)10-7-16-19(3)14(10)18-11/h4-7H,8H2,1-3H3,(H,15,17,18). The minimum absolute atomic E-state index is 0.0605. The van der Waals surface area contributed by atoms with Crippen molar-refractivity contribution >= 4 is 16.9 Å². The van der Waals surface area contributed by atoms with Gasteiger partial charge in [0.15, 0.2) is 11.5 Å². The Balaban J connectivity index is 2.08. The van der Waals surface area contributed by atoms with E-state index in [9.17, 15) is 4.79 Å². The zero-order chi connectivity index (χ0) is 15.0. The summed E-state index contributed by atoms with van der Waals surface area (Å²) in [5.74, 6) is 1.28. The van der Waals surface area contributed by atoms with Gasteiger partial charge in [0.25, 0.3) is 5.56 Å². The van der Waals surface area contributed by atoms with Crippen LogP contribution in [-0.4, -0.2) is 31.4 Å². The van der Waals surface area contributed by atoms with E-state index < -0.39 is 0 Å². The molecule has 0 bridgehead atoms. The molecule has 21 heavy (non-hydrogen) atoms. The Morgan fingerprint density at radius 2 is 2.14 bits per heavy atom. The van der Waals surface area contributed by atoms with Gasteiger partial charge in [0.1, 0.15) is 5.82 Å². The number of fused-ring (bicyclic) bond motifs is 1. The highest BCUT2D eigenvalue weighted by molar-refractivity contribution is 5.86. The summed E-state index contributed by atoms with van der Waals surface area (Å²) < 4.78 is 3.28. The monoisotopic (exact) mass is 284 g/mol. The van der Waals surface area contributed by atoms with Crippen molar-refractivity contribution in [3.8, 4) is 0 Å². The maximum Gasteiger partial charge on any atom is 0.251 e. The molecule has 7 heteroatoms. The van der Waals surface area contributed by atoms with Crippen LogP contribution in [0.3, 0.4) is 0 Å². The van der Waals surface area contributed by atoms with Crippen molar-refractivity contribution in [2.24, 2.45) is 7.05 Å². The Morgan fingerprint density at radius 1 is 1.33 bits per heavy atom. The summed E-state index contributed by atoms with van der Waals surface area (Å²) in [7, 11) is 3.63. The lowest BCUT2D eigenvalue weighted by Gasteiger charge is -2.08. The Kier molecular flexibility index (Phi) is 3.17. The fourth-order valence-electron chi connectivity index (χ4n) is 2.22. The predicted octanol–water partition coefficient (Wildman–Crippen LogP) is 0.923. The van der Waals surface area contributed by atoms with Crippen molar-refractivity contribution in [3.05, 3.63) is 46.3 Å². The second-order valence-corrected chi connectivity index (χ2v) is 4.91. The first-order valence-corrected chi connectivity index (χ1v) is 6.62. The number of pyridine rings is 1. The van der Waals surface area contributed by atoms with Crippen molar-refractivity contribution in [2.45, 2.75) is 13.5 Å². The number of hydrogen-bond donors (Lipinski definition) is 1. The van der Waals surface area contributed by atoms with E-state index in [1.807, 2.05) is 20.0 Å². The van der Waals surface area contributed by atoms with Crippen LogP contribution in [0.5, 0.6) is 0 Å². The van der Waals surface area contributed by atoms with Crippen LogP contribution in [0, 0.1) is 6.92 Å². The van der Waals surface area contributed by atoms with E-state index in [0.29, 0.717) is 18.2 Å². The summed E-state index contributed by atoms with van der Waals surface area (Å²) in [6.45, 7) is 2.22. The summed E-state index contributed by atoms with van der Waals surface area (Å²) in [5.41, 5.74) is 1.62. The molecule has 0 radical (unpaired) electrons. The molecule has 0 spiro atoms. The van der Waals surface area contributed by atoms with Crippen LogP contribution in [0.1, 0.15) is 11.4 Å². The number of nitrogens with one attached hydrogen (secondary N) is 1. The largest absolute Gasteiger partial charge is 0.372 e. The van der Waals surface area contributed by atoms with Crippen molar-refractivity contribution in [1.82, 2.24) is 24.3 Å². The van der Waals surface area contributed by atoms with Crippen LogP contribution < -0.4 is 10.9 Å². The van der Waals surface area contributed by atoms with E-state index in [-0.39, 0.29) is 5.56 Å². The molecule has 3 heterocycles. The van der Waals surface area contributed by atoms with Crippen LogP contribution >= 0.6 is 0 Å². The molecule has 0 atom stereocenters. The van der Waals surface area contributed by atoms with Crippen molar-refractivity contribution < 1.29 is 0 Å². The Hall–Kier alpha value is -2.70. The summed E-state index contributed by atoms with van der Waals surface area (Å²) in [4.78, 5) is 20.9. The van der Waals surface area contributed by atoms with Gasteiger partial charge in [-0.3, -0.25) is 9.48 Å². The van der Waals surface area contributed by atoms with Gasteiger partial charge < -0.3 is 9.88 Å². The number of anilines is 1. The van der Waals surface area contributed by atoms with Gasteiger partial charge in [0.05, 0.1) is 18.1 Å². The lowest BCUT2D eigenvalue weighted by atomic mass is 10.3. The van der Waals surface area contributed by atoms with E-state index >= 15 is 0 Å². The highest BCUT2D eigenvalue weighted by atomic mass is 16.1. The molecule has 0 saturated heterocycles. The highest BCUT2D eigenvalue weighted by Gasteiger charge is 2.11. The van der Waals surface area contributed by atoms with Crippen molar-refractivity contribution in [3.63, 3.8) is 0 Å². The van der Waals surface area contributed by atoms with E-state index in [0.717, 1.165) is 16.6 Å². The zero-order valence-corrected chi connectivity index (χ0v) is 12.2. The average Bonchev–Trinajstić information content (AvgIpc) is 2.83. The van der Waals surface area contributed by atoms with Gasteiger partial charge >= 0.3 is 0 Å². The first-order chi connectivity index (χ1) is 10.1. The van der Waals surface area contributed by atoms with Gasteiger partial charge in [-0.15, -0.1) is 0 Å². The molecule has 0 aromatic carbocycles. The van der Waals surface area contributed by atoms with Gasteiger partial charge in [-0.2, -0.15) is 5.10 Å². The quantitative estimate of drug-likeness (QED) is 0.774. The molecule has 0 fully saturated rings. The maximum atomic E-state index is 12.0. The molecule has 0 aliphatic carbocycles. The number of aromatic nitrogens is 5. The smallest absolute Gasteiger partial charge is 0.251 e. The normalized spacial score (nSPS) is 11.0. The molecular weight excluding hydrogens is 268 g/mol. The predicted molar refractivity (Wildman–Crippen MR) is 80.4 cm³/mol. The molecule has 3 aromatic rings. The molecule has 0 unspecified atom stereocenters. The second kappa shape index (κ2) is 5.01. The molecule has 0 amide bonds. The molecule has 7 nitrogen and oxygen atoms in total. The van der Waals surface area contributed by atoms with Crippen LogP contribution in [0.2, 0.25) is 0 Å². The van der Waals surface area contributed by atoms with Crippen LogP contribution in [0.4, 0.5) is 5.82 Å². The summed E-state index contributed by atoms with van der Waals surface area (Å²) in [6.07, 6.45) is 3.48. The first kappa shape index (κ1) is 13.3. The summed E-state index contributed by atoms with van der Waals surface area (Å²) in [5, 5.41) is 8.09. The zero-order valence-electron chi connectivity index (χ0n) is 12.2. The minimum Gasteiger partial charge on any atom is -0.372 e. The molecule has 1 N–H and O–H groups in total. The van der Waals surface area contributed by atoms with E-state index in [1.165, 1.54) is 0 Å². The van der Waals surface area contributed by atoms with Crippen LogP contribution in [-0.2, 0) is 13.6 Å². The summed E-state index contributed by atoms with van der Waals surface area (Å²) >= 11 is 0. The fourth-order valence-corrected chi connectivity index (χ4v) is 2.22. The highest BCUT2D eigenvalue weighted by Crippen LogP contribution is 2.19. The van der Waals surface area contributed by atoms with Crippen molar-refractivity contribution in [1.29, 1.82) is 0 Å². The van der Waals surface area contributed by atoms with E-state index in [1.54, 1.807) is 34.8 Å². The lowest BCUT2D eigenvalue weighted by Crippen LogP contribution is -2.20. The van der Waals surface area contributed by atoms with Crippen LogP contribution in [0.15, 0.2) is 29.3 Å². The van der Waals surface area contributed by atoms with Crippen molar-refractivity contribution in [2.75, 3.05) is 12.4 Å². The van der Waals surface area contributed by atoms with Gasteiger partial charge in [0.2, 0.25) is 0 Å². The summed E-state index contributed by atoms with van der Waals surface area (Å²) in [6, 6.07) is 3.49.